The number of halogens is 1. The molecule has 0 saturated heterocycles. The van der Waals surface area contributed by atoms with Gasteiger partial charge >= 0.3 is 0 Å². The van der Waals surface area contributed by atoms with Crippen LogP contribution in [0.5, 0.6) is 5.75 Å². The minimum atomic E-state index is 0.0390. The Kier molecular flexibility index (Phi) is 5.38. The molecule has 0 radical (unpaired) electrons. The van der Waals surface area contributed by atoms with E-state index in [0.717, 1.165) is 5.69 Å². The molecular formula is C12H14ClNO2S. The smallest absolute Gasteiger partial charge is 0.216 e. The van der Waals surface area contributed by atoms with Crippen LogP contribution in [0.1, 0.15) is 6.92 Å². The second kappa shape index (κ2) is 6.57. The maximum absolute atomic E-state index is 11.3. The fraction of sp³-hybridized carbons (Fsp3) is 0.250. The minimum Gasteiger partial charge on any atom is -0.495 e. The van der Waals surface area contributed by atoms with E-state index < -0.39 is 0 Å². The van der Waals surface area contributed by atoms with Crippen molar-refractivity contribution in [1.82, 2.24) is 0 Å². The van der Waals surface area contributed by atoms with E-state index in [9.17, 15) is 4.79 Å². The third kappa shape index (κ3) is 3.98. The van der Waals surface area contributed by atoms with Crippen molar-refractivity contribution in [2.75, 3.05) is 18.7 Å². The second-order valence-electron chi connectivity index (χ2n) is 3.31. The highest BCUT2D eigenvalue weighted by Crippen LogP contribution is 2.27. The summed E-state index contributed by atoms with van der Waals surface area (Å²) < 4.78 is 5.05. The maximum Gasteiger partial charge on any atom is 0.216 e. The number of thioether (sulfide) groups is 1. The zero-order valence-corrected chi connectivity index (χ0v) is 11.5. The summed E-state index contributed by atoms with van der Waals surface area (Å²) in [7, 11) is 1.56. The van der Waals surface area contributed by atoms with Gasteiger partial charge in [0, 0.05) is 17.5 Å². The molecule has 92 valence electrons. The lowest BCUT2D eigenvalue weighted by Gasteiger charge is -2.06. The van der Waals surface area contributed by atoms with Crippen molar-refractivity contribution < 1.29 is 9.53 Å². The van der Waals surface area contributed by atoms with Gasteiger partial charge in [0.25, 0.3) is 0 Å². The number of hydrogen-bond acceptors (Lipinski definition) is 4. The molecule has 0 bridgehead atoms. The van der Waals surface area contributed by atoms with E-state index in [-0.39, 0.29) is 5.12 Å². The molecule has 0 spiro atoms. The average Bonchev–Trinajstić information content (AvgIpc) is 2.35. The lowest BCUT2D eigenvalue weighted by atomic mass is 10.3. The van der Waals surface area contributed by atoms with Crippen molar-refractivity contribution in [1.29, 1.82) is 0 Å². The Morgan fingerprint density at radius 2 is 2.24 bits per heavy atom. The van der Waals surface area contributed by atoms with E-state index in [0.29, 0.717) is 16.3 Å². The van der Waals surface area contributed by atoms with Crippen molar-refractivity contribution >= 4 is 34.2 Å². The maximum atomic E-state index is 11.3. The Balaban J connectivity index is 2.76. The van der Waals surface area contributed by atoms with E-state index >= 15 is 0 Å². The summed E-state index contributed by atoms with van der Waals surface area (Å²) in [6.07, 6.45) is 3.42. The van der Waals surface area contributed by atoms with Crippen LogP contribution in [0, 0.1) is 0 Å². The summed E-state index contributed by atoms with van der Waals surface area (Å²) in [4.78, 5) is 11.3. The van der Waals surface area contributed by atoms with Crippen LogP contribution in [-0.2, 0) is 4.79 Å². The highest BCUT2D eigenvalue weighted by Gasteiger charge is 2.03. The van der Waals surface area contributed by atoms with Gasteiger partial charge in [0.2, 0.25) is 5.12 Å². The van der Waals surface area contributed by atoms with Crippen molar-refractivity contribution in [2.45, 2.75) is 6.92 Å². The molecule has 0 atom stereocenters. The van der Waals surface area contributed by atoms with E-state index in [2.05, 4.69) is 5.32 Å². The number of ether oxygens (including phenoxy) is 1. The van der Waals surface area contributed by atoms with Gasteiger partial charge in [-0.25, -0.2) is 0 Å². The SMILES string of the molecule is COc1ccc(NC=C(C)C(=O)SC)cc1Cl. The van der Waals surface area contributed by atoms with E-state index in [1.807, 2.05) is 6.07 Å². The van der Waals surface area contributed by atoms with Gasteiger partial charge in [-0.1, -0.05) is 23.4 Å². The lowest BCUT2D eigenvalue weighted by molar-refractivity contribution is -0.107. The Bertz CT molecular complexity index is 446. The highest BCUT2D eigenvalue weighted by atomic mass is 35.5. The Labute approximate surface area is 110 Å². The summed E-state index contributed by atoms with van der Waals surface area (Å²) >= 11 is 7.16. The standard InChI is InChI=1S/C12H14ClNO2S/c1-8(12(15)17-3)7-14-9-4-5-11(16-2)10(13)6-9/h4-7,14H,1-3H3. The van der Waals surface area contributed by atoms with Crippen LogP contribution in [0.3, 0.4) is 0 Å². The molecule has 5 heteroatoms. The topological polar surface area (TPSA) is 38.3 Å². The number of hydrogen-bond donors (Lipinski definition) is 1. The van der Waals surface area contributed by atoms with Crippen molar-refractivity contribution in [3.63, 3.8) is 0 Å². The van der Waals surface area contributed by atoms with Gasteiger partial charge in [-0.05, 0) is 31.4 Å². The first-order chi connectivity index (χ1) is 8.08. The predicted octanol–water partition coefficient (Wildman–Crippen LogP) is 3.55. The molecule has 0 aliphatic heterocycles. The molecule has 0 aromatic heterocycles. The zero-order valence-electron chi connectivity index (χ0n) is 9.91. The molecule has 1 aromatic rings. The summed E-state index contributed by atoms with van der Waals surface area (Å²) in [5, 5.41) is 3.58. The third-order valence-electron chi connectivity index (χ3n) is 2.11. The highest BCUT2D eigenvalue weighted by molar-refractivity contribution is 8.13. The molecule has 0 aliphatic carbocycles. The summed E-state index contributed by atoms with van der Waals surface area (Å²) in [5.74, 6) is 0.623. The molecule has 3 nitrogen and oxygen atoms in total. The number of methoxy groups -OCH3 is 1. The molecule has 0 unspecified atom stereocenters. The van der Waals surface area contributed by atoms with Crippen LogP contribution >= 0.6 is 23.4 Å². The zero-order chi connectivity index (χ0) is 12.8. The minimum absolute atomic E-state index is 0.0390. The monoisotopic (exact) mass is 271 g/mol. The quantitative estimate of drug-likeness (QED) is 0.850. The lowest BCUT2D eigenvalue weighted by Crippen LogP contribution is -1.97. The molecule has 0 saturated carbocycles. The van der Waals surface area contributed by atoms with E-state index in [4.69, 9.17) is 16.3 Å². The molecule has 1 aromatic carbocycles. The molecule has 1 N–H and O–H groups in total. The first kappa shape index (κ1) is 13.9. The van der Waals surface area contributed by atoms with E-state index in [1.165, 1.54) is 11.8 Å². The fourth-order valence-electron chi connectivity index (χ4n) is 1.17. The number of carbonyl (C=O) groups excluding carboxylic acids is 1. The van der Waals surface area contributed by atoms with Gasteiger partial charge in [-0.15, -0.1) is 0 Å². The number of anilines is 1. The van der Waals surface area contributed by atoms with Crippen molar-refractivity contribution in [3.05, 3.63) is 35.0 Å². The van der Waals surface area contributed by atoms with Crippen LogP contribution < -0.4 is 10.1 Å². The van der Waals surface area contributed by atoms with Crippen LogP contribution in [0.4, 0.5) is 5.69 Å². The van der Waals surface area contributed by atoms with Crippen LogP contribution in [-0.4, -0.2) is 18.5 Å². The summed E-state index contributed by atoms with van der Waals surface area (Å²) in [6, 6.07) is 5.34. The largest absolute Gasteiger partial charge is 0.495 e. The average molecular weight is 272 g/mol. The summed E-state index contributed by atoms with van der Waals surface area (Å²) in [5.41, 5.74) is 1.47. The van der Waals surface area contributed by atoms with Gasteiger partial charge in [-0.2, -0.15) is 0 Å². The number of carbonyl (C=O) groups is 1. The molecule has 1 rings (SSSR count). The second-order valence-corrected chi connectivity index (χ2v) is 4.50. The fourth-order valence-corrected chi connectivity index (χ4v) is 1.81. The molecule has 0 aliphatic rings. The van der Waals surface area contributed by atoms with Gasteiger partial charge in [0.05, 0.1) is 12.1 Å². The number of nitrogens with one attached hydrogen (secondary N) is 1. The number of rotatable bonds is 4. The van der Waals surface area contributed by atoms with Gasteiger partial charge in [0.15, 0.2) is 0 Å². The van der Waals surface area contributed by atoms with Crippen LogP contribution in [0.2, 0.25) is 5.02 Å². The predicted molar refractivity (Wildman–Crippen MR) is 73.9 cm³/mol. The first-order valence-corrected chi connectivity index (χ1v) is 6.54. The van der Waals surface area contributed by atoms with Gasteiger partial charge < -0.3 is 10.1 Å². The normalized spacial score (nSPS) is 11.2. The number of benzene rings is 1. The molecule has 0 fully saturated rings. The first-order valence-electron chi connectivity index (χ1n) is 4.93. The third-order valence-corrected chi connectivity index (χ3v) is 3.10. The van der Waals surface area contributed by atoms with E-state index in [1.54, 1.807) is 38.6 Å². The van der Waals surface area contributed by atoms with Gasteiger partial charge in [0.1, 0.15) is 5.75 Å². The van der Waals surface area contributed by atoms with Crippen LogP contribution in [0.25, 0.3) is 0 Å². The molecule has 17 heavy (non-hydrogen) atoms. The molecule has 0 amide bonds. The summed E-state index contributed by atoms with van der Waals surface area (Å²) in [6.45, 7) is 1.76. The Hall–Kier alpha value is -1.13. The van der Waals surface area contributed by atoms with Crippen LogP contribution in [0.15, 0.2) is 30.0 Å². The Morgan fingerprint density at radius 1 is 1.53 bits per heavy atom. The van der Waals surface area contributed by atoms with Gasteiger partial charge in [-0.3, -0.25) is 4.79 Å². The van der Waals surface area contributed by atoms with Crippen molar-refractivity contribution in [2.24, 2.45) is 0 Å². The van der Waals surface area contributed by atoms with Crippen molar-refractivity contribution in [3.8, 4) is 5.75 Å². The molecule has 0 heterocycles. The Morgan fingerprint density at radius 3 is 2.76 bits per heavy atom. The molecular weight excluding hydrogens is 258 g/mol.